The van der Waals surface area contributed by atoms with Gasteiger partial charge in [-0.15, -0.1) is 11.6 Å². The summed E-state index contributed by atoms with van der Waals surface area (Å²) in [5, 5.41) is 0. The molecule has 0 heterocycles. The van der Waals surface area contributed by atoms with Crippen LogP contribution in [-0.4, -0.2) is 18.0 Å². The Hall–Kier alpha value is -0.240. The number of carbonyl (C=O) groups excluding carboxylic acids is 1. The third kappa shape index (κ3) is 12.2. The second-order valence-corrected chi connectivity index (χ2v) is 5.34. The normalized spacial score (nSPS) is 12.4. The van der Waals surface area contributed by atoms with E-state index < -0.39 is 0 Å². The van der Waals surface area contributed by atoms with E-state index in [2.05, 4.69) is 6.92 Å². The summed E-state index contributed by atoms with van der Waals surface area (Å²) >= 11 is 5.57. The number of hydrogen-bond acceptors (Lipinski definition) is 2. The lowest BCUT2D eigenvalue weighted by Crippen LogP contribution is -2.15. The third-order valence-electron chi connectivity index (χ3n) is 3.03. The Balaban J connectivity index is 3.17. The van der Waals surface area contributed by atoms with Gasteiger partial charge in [0.15, 0.2) is 0 Å². The average molecular weight is 277 g/mol. The molecule has 0 saturated heterocycles. The fraction of sp³-hybridized carbons (Fsp3) is 0.933. The molecule has 0 rings (SSSR count). The highest BCUT2D eigenvalue weighted by atomic mass is 35.5. The van der Waals surface area contributed by atoms with Gasteiger partial charge < -0.3 is 4.74 Å². The molecule has 0 aromatic rings. The molecule has 0 aromatic heterocycles. The van der Waals surface area contributed by atoms with Gasteiger partial charge in [0.2, 0.25) is 0 Å². The van der Waals surface area contributed by atoms with Crippen LogP contribution >= 0.6 is 11.6 Å². The summed E-state index contributed by atoms with van der Waals surface area (Å²) in [5.41, 5.74) is 0. The molecule has 0 radical (unpaired) electrons. The van der Waals surface area contributed by atoms with Gasteiger partial charge in [-0.05, 0) is 13.3 Å². The molecule has 2 nitrogen and oxygen atoms in total. The fourth-order valence-electron chi connectivity index (χ4n) is 1.89. The second-order valence-electron chi connectivity index (χ2n) is 5.03. The highest BCUT2D eigenvalue weighted by molar-refractivity contribution is 6.18. The van der Waals surface area contributed by atoms with Crippen molar-refractivity contribution in [1.29, 1.82) is 0 Å². The van der Waals surface area contributed by atoms with E-state index in [0.717, 1.165) is 12.8 Å². The molecule has 0 amide bonds. The van der Waals surface area contributed by atoms with Crippen LogP contribution in [0.4, 0.5) is 0 Å². The first kappa shape index (κ1) is 17.8. The van der Waals surface area contributed by atoms with E-state index in [1.165, 1.54) is 44.9 Å². The number of esters is 1. The molecule has 1 atom stereocenters. The maximum absolute atomic E-state index is 11.3. The SMILES string of the molecule is CCCCCCCCCCCC(=O)OC(C)CCl. The summed E-state index contributed by atoms with van der Waals surface area (Å²) in [6, 6.07) is 0. The maximum Gasteiger partial charge on any atom is 0.306 e. The fourth-order valence-corrected chi connectivity index (χ4v) is 1.96. The average Bonchev–Trinajstić information content (AvgIpc) is 2.36. The molecule has 18 heavy (non-hydrogen) atoms. The molecule has 0 aliphatic rings. The Bertz CT molecular complexity index is 195. The minimum absolute atomic E-state index is 0.105. The lowest BCUT2D eigenvalue weighted by Gasteiger charge is -2.09. The zero-order chi connectivity index (χ0) is 13.6. The van der Waals surface area contributed by atoms with Crippen molar-refractivity contribution in [3.8, 4) is 0 Å². The van der Waals surface area contributed by atoms with Gasteiger partial charge in [0.25, 0.3) is 0 Å². The molecule has 0 N–H and O–H groups in total. The van der Waals surface area contributed by atoms with Gasteiger partial charge in [-0.3, -0.25) is 4.79 Å². The van der Waals surface area contributed by atoms with Crippen molar-refractivity contribution in [1.82, 2.24) is 0 Å². The summed E-state index contributed by atoms with van der Waals surface area (Å²) in [4.78, 5) is 11.3. The number of hydrogen-bond donors (Lipinski definition) is 0. The van der Waals surface area contributed by atoms with Crippen molar-refractivity contribution in [2.75, 3.05) is 5.88 Å². The van der Waals surface area contributed by atoms with Gasteiger partial charge in [-0.2, -0.15) is 0 Å². The summed E-state index contributed by atoms with van der Waals surface area (Å²) in [6.45, 7) is 4.06. The van der Waals surface area contributed by atoms with Crippen molar-refractivity contribution in [2.45, 2.75) is 84.2 Å². The van der Waals surface area contributed by atoms with Crippen molar-refractivity contribution in [3.63, 3.8) is 0 Å². The molecule has 0 saturated carbocycles. The number of carbonyl (C=O) groups is 1. The predicted molar refractivity (Wildman–Crippen MR) is 78.1 cm³/mol. The van der Waals surface area contributed by atoms with Crippen molar-refractivity contribution < 1.29 is 9.53 Å². The number of ether oxygens (including phenoxy) is 1. The third-order valence-corrected chi connectivity index (χ3v) is 3.47. The predicted octanol–water partition coefficient (Wildman–Crippen LogP) is 5.08. The van der Waals surface area contributed by atoms with Gasteiger partial charge in [-0.1, -0.05) is 58.3 Å². The molecule has 0 aliphatic carbocycles. The Labute approximate surface area is 117 Å². The number of rotatable bonds is 12. The first-order valence-electron chi connectivity index (χ1n) is 7.46. The van der Waals surface area contributed by atoms with E-state index in [4.69, 9.17) is 16.3 Å². The highest BCUT2D eigenvalue weighted by Crippen LogP contribution is 2.11. The van der Waals surface area contributed by atoms with Crippen molar-refractivity contribution in [3.05, 3.63) is 0 Å². The zero-order valence-electron chi connectivity index (χ0n) is 12.0. The lowest BCUT2D eigenvalue weighted by molar-refractivity contribution is -0.147. The van der Waals surface area contributed by atoms with Gasteiger partial charge in [0, 0.05) is 6.42 Å². The highest BCUT2D eigenvalue weighted by Gasteiger charge is 2.07. The van der Waals surface area contributed by atoms with Crippen molar-refractivity contribution in [2.24, 2.45) is 0 Å². The minimum Gasteiger partial charge on any atom is -0.461 e. The molecule has 0 fully saturated rings. The second kappa shape index (κ2) is 13.2. The molecule has 1 unspecified atom stereocenters. The van der Waals surface area contributed by atoms with Crippen LogP contribution in [0.1, 0.15) is 78.1 Å². The largest absolute Gasteiger partial charge is 0.461 e. The molecule has 0 aromatic carbocycles. The van der Waals surface area contributed by atoms with E-state index in [9.17, 15) is 4.79 Å². The zero-order valence-corrected chi connectivity index (χ0v) is 12.8. The standard InChI is InChI=1S/C15H29ClO2/c1-3-4-5-6-7-8-9-10-11-12-15(17)18-14(2)13-16/h14H,3-13H2,1-2H3. The smallest absolute Gasteiger partial charge is 0.306 e. The summed E-state index contributed by atoms with van der Waals surface area (Å²) < 4.78 is 5.10. The number of unbranched alkanes of at least 4 members (excludes halogenated alkanes) is 8. The topological polar surface area (TPSA) is 26.3 Å². The van der Waals surface area contributed by atoms with Crippen LogP contribution in [0.15, 0.2) is 0 Å². The Morgan fingerprint density at radius 1 is 1.00 bits per heavy atom. The van der Waals surface area contributed by atoms with Gasteiger partial charge in [0.1, 0.15) is 6.10 Å². The van der Waals surface area contributed by atoms with Crippen LogP contribution < -0.4 is 0 Å². The monoisotopic (exact) mass is 276 g/mol. The number of alkyl halides is 1. The Morgan fingerprint density at radius 3 is 2.00 bits per heavy atom. The molecular formula is C15H29ClO2. The van der Waals surface area contributed by atoms with Crippen LogP contribution in [0.5, 0.6) is 0 Å². The van der Waals surface area contributed by atoms with Gasteiger partial charge in [-0.25, -0.2) is 0 Å². The number of halogens is 1. The molecule has 0 aliphatic heterocycles. The van der Waals surface area contributed by atoms with E-state index in [0.29, 0.717) is 12.3 Å². The summed E-state index contributed by atoms with van der Waals surface area (Å²) in [5.74, 6) is 0.273. The van der Waals surface area contributed by atoms with Crippen LogP contribution in [-0.2, 0) is 9.53 Å². The maximum atomic E-state index is 11.3. The van der Waals surface area contributed by atoms with E-state index in [-0.39, 0.29) is 12.1 Å². The van der Waals surface area contributed by atoms with E-state index in [1.54, 1.807) is 0 Å². The Kier molecular flexibility index (Phi) is 13.0. The molecule has 108 valence electrons. The first-order chi connectivity index (χ1) is 8.70. The van der Waals surface area contributed by atoms with Crippen LogP contribution in [0.25, 0.3) is 0 Å². The van der Waals surface area contributed by atoms with Crippen LogP contribution in [0.2, 0.25) is 0 Å². The van der Waals surface area contributed by atoms with Gasteiger partial charge in [0.05, 0.1) is 5.88 Å². The summed E-state index contributed by atoms with van der Waals surface area (Å²) in [6.07, 6.45) is 11.8. The minimum atomic E-state index is -0.155. The molecule has 0 spiro atoms. The van der Waals surface area contributed by atoms with Crippen LogP contribution in [0, 0.1) is 0 Å². The quantitative estimate of drug-likeness (QED) is 0.282. The lowest BCUT2D eigenvalue weighted by atomic mass is 10.1. The molecular weight excluding hydrogens is 248 g/mol. The first-order valence-corrected chi connectivity index (χ1v) is 7.99. The Morgan fingerprint density at radius 2 is 1.50 bits per heavy atom. The molecule has 0 bridgehead atoms. The summed E-state index contributed by atoms with van der Waals surface area (Å²) in [7, 11) is 0. The van der Waals surface area contributed by atoms with Crippen LogP contribution in [0.3, 0.4) is 0 Å². The molecule has 3 heteroatoms. The van der Waals surface area contributed by atoms with E-state index in [1.807, 2.05) is 6.92 Å². The van der Waals surface area contributed by atoms with Gasteiger partial charge >= 0.3 is 5.97 Å². The van der Waals surface area contributed by atoms with Crippen molar-refractivity contribution >= 4 is 17.6 Å². The van der Waals surface area contributed by atoms with E-state index >= 15 is 0 Å².